The molecule has 1 N–H and O–H groups in total. The van der Waals surface area contributed by atoms with Crippen LogP contribution in [0.25, 0.3) is 0 Å². The van der Waals surface area contributed by atoms with Gasteiger partial charge in [-0.25, -0.2) is 9.59 Å². The van der Waals surface area contributed by atoms with Gasteiger partial charge in [-0.05, 0) is 55.5 Å². The first-order chi connectivity index (χ1) is 14.3. The molecule has 2 aromatic carbocycles. The van der Waals surface area contributed by atoms with E-state index in [1.807, 2.05) is 0 Å². The normalized spacial score (nSPS) is 10.9. The topological polar surface area (TPSA) is 119 Å². The lowest BCUT2D eigenvalue weighted by molar-refractivity contribution is -0.141. The standard InChI is InChI=1S/C21H19NO7S/c1-13(22-29-14(2)23)20(26)15-3-7-17(8-4-15)30-18-9-5-16(6-10-18)21(27)28-12-11-19(24)25/h3-10H,11-12H2,1-2H3,(H,24,25)/b22-13+. The number of benzene rings is 2. The summed E-state index contributed by atoms with van der Waals surface area (Å²) in [4.78, 5) is 51.5. The molecule has 9 heteroatoms. The van der Waals surface area contributed by atoms with Crippen molar-refractivity contribution in [1.82, 2.24) is 0 Å². The molecule has 156 valence electrons. The SMILES string of the molecule is CC(=O)O/N=C(\C)C(=O)c1ccc(Sc2ccc(C(=O)OCCC(=O)O)cc2)cc1. The van der Waals surface area contributed by atoms with Gasteiger partial charge in [-0.1, -0.05) is 16.9 Å². The van der Waals surface area contributed by atoms with Gasteiger partial charge in [0.25, 0.3) is 0 Å². The molecule has 0 bridgehead atoms. The Morgan fingerprint density at radius 2 is 1.43 bits per heavy atom. The van der Waals surface area contributed by atoms with Crippen LogP contribution in [0.3, 0.4) is 0 Å². The predicted octanol–water partition coefficient (Wildman–Crippen LogP) is 3.59. The molecule has 2 aromatic rings. The molecule has 0 aliphatic rings. The van der Waals surface area contributed by atoms with Gasteiger partial charge in [0.15, 0.2) is 0 Å². The van der Waals surface area contributed by atoms with Crippen molar-refractivity contribution in [3.63, 3.8) is 0 Å². The van der Waals surface area contributed by atoms with Gasteiger partial charge in [-0.2, -0.15) is 0 Å². The van der Waals surface area contributed by atoms with Crippen molar-refractivity contribution in [2.75, 3.05) is 6.61 Å². The number of carboxylic acids is 1. The first-order valence-electron chi connectivity index (χ1n) is 8.80. The van der Waals surface area contributed by atoms with E-state index < -0.39 is 17.9 Å². The Kier molecular flexibility index (Phi) is 8.30. The summed E-state index contributed by atoms with van der Waals surface area (Å²) in [6.45, 7) is 2.48. The lowest BCUT2D eigenvalue weighted by Crippen LogP contribution is -2.11. The van der Waals surface area contributed by atoms with Crippen LogP contribution < -0.4 is 0 Å². The fourth-order valence-electron chi connectivity index (χ4n) is 2.17. The van der Waals surface area contributed by atoms with Gasteiger partial charge in [-0.15, -0.1) is 0 Å². The fourth-order valence-corrected chi connectivity index (χ4v) is 2.98. The predicted molar refractivity (Wildman–Crippen MR) is 109 cm³/mol. The second kappa shape index (κ2) is 10.9. The first-order valence-corrected chi connectivity index (χ1v) is 9.61. The number of carboxylic acid groups (broad SMARTS) is 1. The van der Waals surface area contributed by atoms with Crippen molar-refractivity contribution < 1.29 is 33.9 Å². The molecule has 0 fully saturated rings. The second-order valence-electron chi connectivity index (χ2n) is 6.02. The van der Waals surface area contributed by atoms with Gasteiger partial charge in [-0.3, -0.25) is 9.59 Å². The van der Waals surface area contributed by atoms with Gasteiger partial charge in [0, 0.05) is 22.3 Å². The number of rotatable bonds is 9. The number of hydrogen-bond donors (Lipinski definition) is 1. The second-order valence-corrected chi connectivity index (χ2v) is 7.17. The summed E-state index contributed by atoms with van der Waals surface area (Å²) in [6, 6.07) is 13.5. The number of aliphatic carboxylic acids is 1. The van der Waals surface area contributed by atoms with E-state index in [-0.39, 0.29) is 24.5 Å². The van der Waals surface area contributed by atoms with Crippen LogP contribution in [0.4, 0.5) is 0 Å². The third-order valence-electron chi connectivity index (χ3n) is 3.63. The number of nitrogens with zero attached hydrogens (tertiary/aromatic N) is 1. The Balaban J connectivity index is 1.96. The molecule has 30 heavy (non-hydrogen) atoms. The molecule has 0 amide bonds. The van der Waals surface area contributed by atoms with E-state index in [0.717, 1.165) is 9.79 Å². The number of esters is 1. The fraction of sp³-hybridized carbons (Fsp3) is 0.190. The van der Waals surface area contributed by atoms with Crippen LogP contribution >= 0.6 is 11.8 Å². The zero-order valence-electron chi connectivity index (χ0n) is 16.3. The van der Waals surface area contributed by atoms with E-state index in [2.05, 4.69) is 9.99 Å². The van der Waals surface area contributed by atoms with Crippen LogP contribution in [0.2, 0.25) is 0 Å². The van der Waals surface area contributed by atoms with Crippen molar-refractivity contribution in [3.8, 4) is 0 Å². The largest absolute Gasteiger partial charge is 0.481 e. The maximum absolute atomic E-state index is 12.2. The summed E-state index contributed by atoms with van der Waals surface area (Å²) >= 11 is 1.43. The molecule has 2 rings (SSSR count). The lowest BCUT2D eigenvalue weighted by Gasteiger charge is -2.06. The Labute approximate surface area is 176 Å². The van der Waals surface area contributed by atoms with Gasteiger partial charge in [0.2, 0.25) is 5.78 Å². The van der Waals surface area contributed by atoms with Crippen LogP contribution in [0.5, 0.6) is 0 Å². The van der Waals surface area contributed by atoms with E-state index in [0.29, 0.717) is 11.1 Å². The molecule has 0 atom stereocenters. The van der Waals surface area contributed by atoms with Crippen LogP contribution in [-0.2, 0) is 19.2 Å². The molecule has 0 unspecified atom stereocenters. The Morgan fingerprint density at radius 3 is 1.93 bits per heavy atom. The summed E-state index contributed by atoms with van der Waals surface area (Å²) in [5.74, 6) is -2.57. The summed E-state index contributed by atoms with van der Waals surface area (Å²) < 4.78 is 4.89. The average Bonchev–Trinajstić information content (AvgIpc) is 2.72. The first kappa shape index (κ1) is 22.8. The average molecular weight is 429 g/mol. The monoisotopic (exact) mass is 429 g/mol. The molecule has 0 aliphatic carbocycles. The number of ketones is 1. The molecule has 0 aromatic heterocycles. The van der Waals surface area contributed by atoms with Crippen molar-refractivity contribution in [1.29, 1.82) is 0 Å². The highest BCUT2D eigenvalue weighted by Crippen LogP contribution is 2.28. The number of ether oxygens (including phenoxy) is 1. The molecule has 0 saturated heterocycles. The Morgan fingerprint density at radius 1 is 0.900 bits per heavy atom. The van der Waals surface area contributed by atoms with Gasteiger partial charge in [0.1, 0.15) is 12.3 Å². The summed E-state index contributed by atoms with van der Waals surface area (Å²) in [5.41, 5.74) is 0.803. The Hall–Kier alpha value is -3.46. The van der Waals surface area contributed by atoms with Crippen molar-refractivity contribution in [2.45, 2.75) is 30.1 Å². The number of hydrogen-bond acceptors (Lipinski definition) is 8. The minimum Gasteiger partial charge on any atom is -0.481 e. The van der Waals surface area contributed by atoms with Crippen molar-refractivity contribution >= 4 is 41.2 Å². The molecule has 0 aliphatic heterocycles. The van der Waals surface area contributed by atoms with Crippen LogP contribution in [0.1, 0.15) is 41.0 Å². The Bertz CT molecular complexity index is 966. The maximum Gasteiger partial charge on any atom is 0.338 e. The molecule has 0 radical (unpaired) electrons. The highest BCUT2D eigenvalue weighted by Gasteiger charge is 2.12. The van der Waals surface area contributed by atoms with Crippen LogP contribution in [-0.4, -0.2) is 41.1 Å². The molecular formula is C21H19NO7S. The highest BCUT2D eigenvalue weighted by atomic mass is 32.2. The van der Waals surface area contributed by atoms with Crippen LogP contribution in [0.15, 0.2) is 63.5 Å². The zero-order valence-corrected chi connectivity index (χ0v) is 17.1. The molecule has 0 spiro atoms. The minimum absolute atomic E-state index is 0.0661. The summed E-state index contributed by atoms with van der Waals surface area (Å²) in [7, 11) is 0. The molecule has 8 nitrogen and oxygen atoms in total. The lowest BCUT2D eigenvalue weighted by atomic mass is 10.1. The smallest absolute Gasteiger partial charge is 0.338 e. The van der Waals surface area contributed by atoms with E-state index in [1.165, 1.54) is 25.6 Å². The number of oxime groups is 1. The van der Waals surface area contributed by atoms with Gasteiger partial charge < -0.3 is 14.7 Å². The number of carbonyl (C=O) groups is 4. The highest BCUT2D eigenvalue weighted by molar-refractivity contribution is 7.99. The van der Waals surface area contributed by atoms with E-state index in [9.17, 15) is 19.2 Å². The van der Waals surface area contributed by atoms with Crippen molar-refractivity contribution in [3.05, 3.63) is 59.7 Å². The third-order valence-corrected chi connectivity index (χ3v) is 4.65. The van der Waals surface area contributed by atoms with Gasteiger partial charge in [0.05, 0.1) is 12.0 Å². The molecular weight excluding hydrogens is 410 g/mol. The van der Waals surface area contributed by atoms with E-state index >= 15 is 0 Å². The van der Waals surface area contributed by atoms with E-state index in [4.69, 9.17) is 9.84 Å². The maximum atomic E-state index is 12.2. The quantitative estimate of drug-likeness (QED) is 0.211. The minimum atomic E-state index is -1.03. The van der Waals surface area contributed by atoms with Crippen LogP contribution in [0, 0.1) is 0 Å². The molecule has 0 heterocycles. The van der Waals surface area contributed by atoms with Gasteiger partial charge >= 0.3 is 17.9 Å². The number of Topliss-reactive ketones (excluding diaryl/α,β-unsaturated/α-hetero) is 1. The zero-order chi connectivity index (χ0) is 22.1. The van der Waals surface area contributed by atoms with E-state index in [1.54, 1.807) is 48.5 Å². The van der Waals surface area contributed by atoms with Crippen molar-refractivity contribution in [2.24, 2.45) is 5.16 Å². The number of carbonyl (C=O) groups excluding carboxylic acids is 3. The summed E-state index contributed by atoms with van der Waals surface area (Å²) in [6.07, 6.45) is -0.243. The summed E-state index contributed by atoms with van der Waals surface area (Å²) in [5, 5.41) is 12.0. The third kappa shape index (κ3) is 7.17. The molecule has 0 saturated carbocycles.